The highest BCUT2D eigenvalue weighted by Crippen LogP contribution is 2.19. The molecule has 1 fully saturated rings. The van der Waals surface area contributed by atoms with Crippen molar-refractivity contribution in [3.05, 3.63) is 59.7 Å². The van der Waals surface area contributed by atoms with Gasteiger partial charge in [0.25, 0.3) is 11.8 Å². The lowest BCUT2D eigenvalue weighted by molar-refractivity contribution is 0.0857. The third kappa shape index (κ3) is 4.40. The van der Waals surface area contributed by atoms with E-state index >= 15 is 0 Å². The molecule has 6 nitrogen and oxygen atoms in total. The van der Waals surface area contributed by atoms with Crippen molar-refractivity contribution in [2.75, 3.05) is 25.6 Å². The summed E-state index contributed by atoms with van der Waals surface area (Å²) < 4.78 is 10.7. The van der Waals surface area contributed by atoms with E-state index in [2.05, 4.69) is 10.6 Å². The second-order valence-corrected chi connectivity index (χ2v) is 6.08. The number of nitrogens with one attached hydrogen (secondary N) is 2. The third-order valence-corrected chi connectivity index (χ3v) is 4.27. The number of para-hydroxylation sites is 1. The van der Waals surface area contributed by atoms with Crippen molar-refractivity contribution >= 4 is 17.5 Å². The normalized spacial score (nSPS) is 16.1. The molecule has 1 aliphatic heterocycles. The van der Waals surface area contributed by atoms with Gasteiger partial charge in [-0.25, -0.2) is 0 Å². The van der Waals surface area contributed by atoms with Gasteiger partial charge in [0.1, 0.15) is 5.75 Å². The van der Waals surface area contributed by atoms with Crippen molar-refractivity contribution in [3.63, 3.8) is 0 Å². The van der Waals surface area contributed by atoms with Gasteiger partial charge in [0.05, 0.1) is 18.8 Å². The van der Waals surface area contributed by atoms with Crippen molar-refractivity contribution in [1.82, 2.24) is 5.32 Å². The van der Waals surface area contributed by atoms with Gasteiger partial charge in [-0.05, 0) is 49.2 Å². The molecule has 1 aliphatic rings. The van der Waals surface area contributed by atoms with Crippen LogP contribution >= 0.6 is 0 Å². The average molecular weight is 354 g/mol. The molecule has 1 atom stereocenters. The minimum absolute atomic E-state index is 0.110. The fraction of sp³-hybridized carbons (Fsp3) is 0.300. The van der Waals surface area contributed by atoms with Gasteiger partial charge in [-0.15, -0.1) is 0 Å². The molecule has 136 valence electrons. The van der Waals surface area contributed by atoms with Crippen LogP contribution in [0.1, 0.15) is 33.6 Å². The minimum atomic E-state index is -0.266. The first-order chi connectivity index (χ1) is 12.7. The monoisotopic (exact) mass is 354 g/mol. The summed E-state index contributed by atoms with van der Waals surface area (Å²) in [4.78, 5) is 24.5. The smallest absolute Gasteiger partial charge is 0.259 e. The van der Waals surface area contributed by atoms with Gasteiger partial charge >= 0.3 is 0 Å². The van der Waals surface area contributed by atoms with E-state index in [1.54, 1.807) is 48.5 Å². The van der Waals surface area contributed by atoms with Gasteiger partial charge in [-0.3, -0.25) is 9.59 Å². The highest BCUT2D eigenvalue weighted by Gasteiger charge is 2.17. The quantitative estimate of drug-likeness (QED) is 0.836. The molecule has 0 bridgehead atoms. The maximum Gasteiger partial charge on any atom is 0.259 e. The second kappa shape index (κ2) is 8.49. The Hall–Kier alpha value is -2.86. The first-order valence-electron chi connectivity index (χ1n) is 8.61. The Balaban J connectivity index is 1.58. The number of carbonyl (C=O) groups excluding carboxylic acids is 2. The van der Waals surface area contributed by atoms with Crippen LogP contribution in [-0.4, -0.2) is 38.2 Å². The summed E-state index contributed by atoms with van der Waals surface area (Å²) in [7, 11) is 1.52. The molecule has 2 N–H and O–H groups in total. The van der Waals surface area contributed by atoms with E-state index in [-0.39, 0.29) is 17.9 Å². The lowest BCUT2D eigenvalue weighted by Crippen LogP contribution is -2.31. The summed E-state index contributed by atoms with van der Waals surface area (Å²) in [6.07, 6.45) is 2.13. The first-order valence-corrected chi connectivity index (χ1v) is 8.61. The lowest BCUT2D eigenvalue weighted by Gasteiger charge is -2.11. The van der Waals surface area contributed by atoms with E-state index in [0.717, 1.165) is 19.4 Å². The Morgan fingerprint density at radius 1 is 1.12 bits per heavy atom. The van der Waals surface area contributed by atoms with Crippen LogP contribution in [0.5, 0.6) is 5.75 Å². The number of ether oxygens (including phenoxy) is 2. The van der Waals surface area contributed by atoms with E-state index in [1.165, 1.54) is 7.11 Å². The largest absolute Gasteiger partial charge is 0.496 e. The summed E-state index contributed by atoms with van der Waals surface area (Å²) in [6, 6.07) is 13.8. The fourth-order valence-corrected chi connectivity index (χ4v) is 2.85. The number of carbonyl (C=O) groups is 2. The standard InChI is InChI=1S/C20H22N2O4/c1-25-18-7-3-2-6-17(18)20(24)22-15-10-8-14(9-11-15)19(23)21-13-16-5-4-12-26-16/h2-3,6-11,16H,4-5,12-13H2,1H3,(H,21,23)(H,22,24)/t16-/m0/s1. The fourth-order valence-electron chi connectivity index (χ4n) is 2.85. The van der Waals surface area contributed by atoms with Crippen LogP contribution < -0.4 is 15.4 Å². The highest BCUT2D eigenvalue weighted by atomic mass is 16.5. The molecule has 1 heterocycles. The topological polar surface area (TPSA) is 76.7 Å². The van der Waals surface area contributed by atoms with E-state index in [0.29, 0.717) is 29.1 Å². The summed E-state index contributed by atoms with van der Waals surface area (Å²) in [5, 5.41) is 5.68. The van der Waals surface area contributed by atoms with Crippen molar-refractivity contribution in [2.24, 2.45) is 0 Å². The molecular formula is C20H22N2O4. The summed E-state index contributed by atoms with van der Waals surface area (Å²) in [5.41, 5.74) is 1.60. The Labute approximate surface area is 152 Å². The molecule has 0 unspecified atom stereocenters. The molecule has 3 rings (SSSR count). The molecule has 6 heteroatoms. The van der Waals surface area contributed by atoms with E-state index in [4.69, 9.17) is 9.47 Å². The summed E-state index contributed by atoms with van der Waals surface area (Å²) in [5.74, 6) is 0.0938. The number of methoxy groups -OCH3 is 1. The predicted octanol–water partition coefficient (Wildman–Crippen LogP) is 2.86. The summed E-state index contributed by atoms with van der Waals surface area (Å²) in [6.45, 7) is 1.28. The van der Waals surface area contributed by atoms with E-state index < -0.39 is 0 Å². The number of hydrogen-bond acceptors (Lipinski definition) is 4. The number of rotatable bonds is 6. The molecule has 0 aliphatic carbocycles. The Morgan fingerprint density at radius 2 is 1.88 bits per heavy atom. The zero-order chi connectivity index (χ0) is 18.4. The van der Waals surface area contributed by atoms with Crippen LogP contribution in [0.3, 0.4) is 0 Å². The Bertz CT molecular complexity index is 768. The number of amides is 2. The SMILES string of the molecule is COc1ccccc1C(=O)Nc1ccc(C(=O)NC[C@@H]2CCCO2)cc1. The molecule has 2 aromatic carbocycles. The Kier molecular flexibility index (Phi) is 5.86. The van der Waals surface area contributed by atoms with Crippen molar-refractivity contribution < 1.29 is 19.1 Å². The molecule has 1 saturated heterocycles. The highest BCUT2D eigenvalue weighted by molar-refractivity contribution is 6.06. The van der Waals surface area contributed by atoms with E-state index in [9.17, 15) is 9.59 Å². The van der Waals surface area contributed by atoms with Gasteiger partial charge in [0.2, 0.25) is 0 Å². The molecule has 2 amide bonds. The second-order valence-electron chi connectivity index (χ2n) is 6.08. The number of hydrogen-bond donors (Lipinski definition) is 2. The van der Waals surface area contributed by atoms with E-state index in [1.807, 2.05) is 0 Å². The van der Waals surface area contributed by atoms with Gasteiger partial charge < -0.3 is 20.1 Å². The zero-order valence-electron chi connectivity index (χ0n) is 14.7. The molecule has 0 radical (unpaired) electrons. The Morgan fingerprint density at radius 3 is 2.58 bits per heavy atom. The van der Waals surface area contributed by atoms with Crippen molar-refractivity contribution in [2.45, 2.75) is 18.9 Å². The van der Waals surface area contributed by atoms with Crippen LogP contribution in [0.25, 0.3) is 0 Å². The molecular weight excluding hydrogens is 332 g/mol. The van der Waals surface area contributed by atoms with Crippen LogP contribution in [0.2, 0.25) is 0 Å². The number of anilines is 1. The van der Waals surface area contributed by atoms with Gasteiger partial charge in [0.15, 0.2) is 0 Å². The molecule has 0 spiro atoms. The van der Waals surface area contributed by atoms with Crippen molar-refractivity contribution in [3.8, 4) is 5.75 Å². The molecule has 26 heavy (non-hydrogen) atoms. The predicted molar refractivity (Wildman–Crippen MR) is 98.7 cm³/mol. The molecule has 0 aromatic heterocycles. The van der Waals surface area contributed by atoms with Gasteiger partial charge in [-0.1, -0.05) is 12.1 Å². The maximum atomic E-state index is 12.4. The summed E-state index contributed by atoms with van der Waals surface area (Å²) >= 11 is 0. The first kappa shape index (κ1) is 17.9. The molecule has 2 aromatic rings. The third-order valence-electron chi connectivity index (χ3n) is 4.27. The average Bonchev–Trinajstić information content (AvgIpc) is 3.20. The van der Waals surface area contributed by atoms with Gasteiger partial charge in [0, 0.05) is 24.4 Å². The van der Waals surface area contributed by atoms with Crippen LogP contribution in [-0.2, 0) is 4.74 Å². The van der Waals surface area contributed by atoms with Crippen molar-refractivity contribution in [1.29, 1.82) is 0 Å². The maximum absolute atomic E-state index is 12.4. The van der Waals surface area contributed by atoms with Gasteiger partial charge in [-0.2, -0.15) is 0 Å². The van der Waals surface area contributed by atoms with Crippen LogP contribution in [0.4, 0.5) is 5.69 Å². The minimum Gasteiger partial charge on any atom is -0.496 e. The van der Waals surface area contributed by atoms with Crippen LogP contribution in [0, 0.1) is 0 Å². The molecule has 0 saturated carbocycles. The lowest BCUT2D eigenvalue weighted by atomic mass is 10.1. The zero-order valence-corrected chi connectivity index (χ0v) is 14.7. The number of benzene rings is 2. The van der Waals surface area contributed by atoms with Crippen LogP contribution in [0.15, 0.2) is 48.5 Å².